The topological polar surface area (TPSA) is 52.7 Å². The van der Waals surface area contributed by atoms with Crippen LogP contribution >= 0.6 is 12.4 Å². The Labute approximate surface area is 197 Å². The molecule has 2 aromatic rings. The van der Waals surface area contributed by atoms with E-state index in [2.05, 4.69) is 48.3 Å². The molecule has 1 N–H and O–H groups in total. The summed E-state index contributed by atoms with van der Waals surface area (Å²) < 4.78 is 0. The van der Waals surface area contributed by atoms with Gasteiger partial charge in [-0.05, 0) is 36.3 Å². The summed E-state index contributed by atoms with van der Waals surface area (Å²) in [5.41, 5.74) is 1.59. The van der Waals surface area contributed by atoms with Crippen molar-refractivity contribution in [3.05, 3.63) is 71.8 Å². The van der Waals surface area contributed by atoms with Crippen LogP contribution in [-0.4, -0.2) is 46.3 Å². The number of hydrogen-bond donors (Lipinski definition) is 1. The minimum Gasteiger partial charge on any atom is -0.342 e. The van der Waals surface area contributed by atoms with Crippen molar-refractivity contribution >= 4 is 24.2 Å². The lowest BCUT2D eigenvalue weighted by molar-refractivity contribution is -0.162. The number of hydrogen-bond acceptors (Lipinski definition) is 3. The molecule has 6 heteroatoms. The molecule has 2 fully saturated rings. The number of nitrogens with one attached hydrogen (secondary N) is 1. The molecule has 0 unspecified atom stereocenters. The van der Waals surface area contributed by atoms with Gasteiger partial charge in [0.2, 0.25) is 11.8 Å². The van der Waals surface area contributed by atoms with E-state index in [-0.39, 0.29) is 24.2 Å². The number of halogens is 1. The predicted octanol–water partition coefficient (Wildman–Crippen LogP) is 4.02. The monoisotopic (exact) mass is 455 g/mol. The Kier molecular flexibility index (Phi) is 7.96. The number of carbonyl (C=O) groups is 2. The first-order valence-corrected chi connectivity index (χ1v) is 11.4. The Hall–Kier alpha value is -2.37. The van der Waals surface area contributed by atoms with Crippen LogP contribution in [0.4, 0.5) is 0 Å². The highest BCUT2D eigenvalue weighted by Gasteiger charge is 2.53. The maximum atomic E-state index is 13.6. The predicted molar refractivity (Wildman–Crippen MR) is 129 cm³/mol. The van der Waals surface area contributed by atoms with Crippen molar-refractivity contribution in [1.29, 1.82) is 0 Å². The number of benzene rings is 2. The Morgan fingerprint density at radius 2 is 1.44 bits per heavy atom. The van der Waals surface area contributed by atoms with Crippen LogP contribution in [0.25, 0.3) is 0 Å². The average molecular weight is 456 g/mol. The number of carbonyl (C=O) groups excluding carboxylic acids is 2. The summed E-state index contributed by atoms with van der Waals surface area (Å²) in [7, 11) is 0. The van der Waals surface area contributed by atoms with E-state index in [0.717, 1.165) is 25.2 Å². The highest BCUT2D eigenvalue weighted by atomic mass is 35.5. The van der Waals surface area contributed by atoms with Gasteiger partial charge in [0.25, 0.3) is 0 Å². The van der Waals surface area contributed by atoms with Gasteiger partial charge in [0.1, 0.15) is 11.6 Å². The second kappa shape index (κ2) is 10.5. The van der Waals surface area contributed by atoms with Crippen molar-refractivity contribution in [2.45, 2.75) is 57.8 Å². The fraction of sp³-hybridized carbons (Fsp3) is 0.462. The van der Waals surface area contributed by atoms with Crippen LogP contribution in [0.2, 0.25) is 0 Å². The van der Waals surface area contributed by atoms with Gasteiger partial charge in [-0.1, -0.05) is 74.5 Å². The minimum atomic E-state index is -0.756. The van der Waals surface area contributed by atoms with Crippen molar-refractivity contribution in [2.24, 2.45) is 5.92 Å². The fourth-order valence-corrected chi connectivity index (χ4v) is 4.92. The average Bonchev–Trinajstić information content (AvgIpc) is 2.77. The van der Waals surface area contributed by atoms with Gasteiger partial charge in [0, 0.05) is 26.2 Å². The molecule has 172 valence electrons. The molecule has 2 aliphatic heterocycles. The zero-order valence-electron chi connectivity index (χ0n) is 19.0. The molecule has 2 heterocycles. The maximum Gasteiger partial charge on any atom is 0.246 e. The number of piperazine rings is 1. The van der Waals surface area contributed by atoms with E-state index in [0.29, 0.717) is 31.7 Å². The third-order valence-electron chi connectivity index (χ3n) is 6.63. The van der Waals surface area contributed by atoms with Crippen molar-refractivity contribution in [2.75, 3.05) is 13.1 Å². The van der Waals surface area contributed by atoms with E-state index in [4.69, 9.17) is 0 Å². The largest absolute Gasteiger partial charge is 0.342 e. The molecule has 0 bridgehead atoms. The molecule has 0 radical (unpaired) electrons. The summed E-state index contributed by atoms with van der Waals surface area (Å²) in [5.74, 6) is 0.427. The zero-order valence-corrected chi connectivity index (χ0v) is 19.8. The summed E-state index contributed by atoms with van der Waals surface area (Å²) in [6, 6.07) is 20.0. The van der Waals surface area contributed by atoms with Crippen LogP contribution in [0, 0.1) is 5.92 Å². The molecule has 0 saturated carbocycles. The lowest BCUT2D eigenvalue weighted by atomic mass is 9.80. The lowest BCUT2D eigenvalue weighted by Gasteiger charge is -2.52. The van der Waals surface area contributed by atoms with Crippen LogP contribution in [0.15, 0.2) is 60.7 Å². The lowest BCUT2D eigenvalue weighted by Crippen LogP contribution is -2.72. The molecular weight excluding hydrogens is 422 g/mol. The molecule has 2 amide bonds. The van der Waals surface area contributed by atoms with E-state index in [9.17, 15) is 9.59 Å². The van der Waals surface area contributed by atoms with Gasteiger partial charge in [-0.15, -0.1) is 12.4 Å². The van der Waals surface area contributed by atoms with E-state index >= 15 is 0 Å². The smallest absolute Gasteiger partial charge is 0.246 e. The first-order chi connectivity index (χ1) is 15.0. The quantitative estimate of drug-likeness (QED) is 0.715. The van der Waals surface area contributed by atoms with Crippen LogP contribution in [-0.2, 0) is 22.7 Å². The molecule has 0 aliphatic carbocycles. The number of likely N-dealkylation sites (tertiary alicyclic amines) is 1. The molecule has 1 atom stereocenters. The van der Waals surface area contributed by atoms with Crippen LogP contribution in [0.1, 0.15) is 44.2 Å². The summed E-state index contributed by atoms with van der Waals surface area (Å²) in [5, 5.41) is 3.09. The van der Waals surface area contributed by atoms with Crippen molar-refractivity contribution in [1.82, 2.24) is 15.1 Å². The minimum absolute atomic E-state index is 0. The second-order valence-corrected chi connectivity index (χ2v) is 9.36. The van der Waals surface area contributed by atoms with E-state index in [1.807, 2.05) is 41.3 Å². The Balaban J connectivity index is 0.00000289. The molecule has 0 aromatic heterocycles. The van der Waals surface area contributed by atoms with Crippen molar-refractivity contribution in [3.8, 4) is 0 Å². The number of piperidine rings is 1. The molecule has 2 aliphatic rings. The van der Waals surface area contributed by atoms with Gasteiger partial charge < -0.3 is 10.2 Å². The van der Waals surface area contributed by atoms with Gasteiger partial charge >= 0.3 is 0 Å². The van der Waals surface area contributed by atoms with Crippen LogP contribution < -0.4 is 5.32 Å². The van der Waals surface area contributed by atoms with Crippen LogP contribution in [0.3, 0.4) is 0 Å². The number of amides is 2. The SMILES string of the molecule is CC(C)C[C@@H]1NC(=O)C2(CCN(Cc3ccccc3)CC2)N(Cc2ccccc2)C1=O.Cl. The van der Waals surface area contributed by atoms with E-state index in [1.165, 1.54) is 5.56 Å². The molecule has 5 nitrogen and oxygen atoms in total. The number of rotatable bonds is 6. The Morgan fingerprint density at radius 3 is 1.97 bits per heavy atom. The molecule has 2 aromatic carbocycles. The number of nitrogens with zero attached hydrogens (tertiary/aromatic N) is 2. The molecule has 2 saturated heterocycles. The normalized spacial score (nSPS) is 20.8. The molecular formula is C26H34ClN3O2. The zero-order chi connectivity index (χ0) is 21.8. The van der Waals surface area contributed by atoms with Crippen LogP contribution in [0.5, 0.6) is 0 Å². The van der Waals surface area contributed by atoms with Crippen molar-refractivity contribution in [3.63, 3.8) is 0 Å². The Bertz CT molecular complexity index is 896. The van der Waals surface area contributed by atoms with Gasteiger partial charge in [-0.25, -0.2) is 0 Å². The first-order valence-electron chi connectivity index (χ1n) is 11.4. The summed E-state index contributed by atoms with van der Waals surface area (Å²) >= 11 is 0. The van der Waals surface area contributed by atoms with Gasteiger partial charge in [0.15, 0.2) is 0 Å². The van der Waals surface area contributed by atoms with Gasteiger partial charge in [-0.2, -0.15) is 0 Å². The van der Waals surface area contributed by atoms with Crippen molar-refractivity contribution < 1.29 is 9.59 Å². The van der Waals surface area contributed by atoms with Gasteiger partial charge in [-0.3, -0.25) is 14.5 Å². The molecule has 32 heavy (non-hydrogen) atoms. The third kappa shape index (κ3) is 5.16. The first kappa shape index (κ1) is 24.3. The molecule has 1 spiro atoms. The van der Waals surface area contributed by atoms with E-state index in [1.54, 1.807) is 0 Å². The third-order valence-corrected chi connectivity index (χ3v) is 6.63. The Morgan fingerprint density at radius 1 is 0.906 bits per heavy atom. The van der Waals surface area contributed by atoms with Gasteiger partial charge in [0.05, 0.1) is 0 Å². The summed E-state index contributed by atoms with van der Waals surface area (Å²) in [6.07, 6.45) is 2.00. The highest BCUT2D eigenvalue weighted by molar-refractivity contribution is 6.00. The standard InChI is InChI=1S/C26H33N3O2.ClH/c1-20(2)17-23-24(30)29(19-22-11-7-4-8-12-22)26(25(31)27-23)13-15-28(16-14-26)18-21-9-5-3-6-10-21;/h3-12,20,23H,13-19H2,1-2H3,(H,27,31);1H/t23-;/m0./s1. The fourth-order valence-electron chi connectivity index (χ4n) is 4.92. The van der Waals surface area contributed by atoms with E-state index < -0.39 is 11.6 Å². The summed E-state index contributed by atoms with van der Waals surface area (Å²) in [6.45, 7) is 7.15. The highest BCUT2D eigenvalue weighted by Crippen LogP contribution is 2.35. The molecule has 4 rings (SSSR count). The maximum absolute atomic E-state index is 13.6. The summed E-state index contributed by atoms with van der Waals surface area (Å²) in [4.78, 5) is 31.3. The second-order valence-electron chi connectivity index (χ2n) is 9.36.